The Hall–Kier alpha value is -2.29. The van der Waals surface area contributed by atoms with Gasteiger partial charge in [-0.1, -0.05) is 39.0 Å². The van der Waals surface area contributed by atoms with Crippen LogP contribution >= 0.6 is 0 Å². The molecule has 122 valence electrons. The van der Waals surface area contributed by atoms with Crippen molar-refractivity contribution in [2.24, 2.45) is 0 Å². The highest BCUT2D eigenvalue weighted by molar-refractivity contribution is 5.91. The maximum Gasteiger partial charge on any atom is 0.262 e. The molecule has 0 aliphatic rings. The van der Waals surface area contributed by atoms with Crippen LogP contribution < -0.4 is 10.1 Å². The predicted molar refractivity (Wildman–Crippen MR) is 95.2 cm³/mol. The first-order valence-electron chi connectivity index (χ1n) is 7.85. The van der Waals surface area contributed by atoms with Crippen molar-refractivity contribution in [1.82, 2.24) is 0 Å². The van der Waals surface area contributed by atoms with Crippen LogP contribution in [0.1, 0.15) is 37.5 Å². The maximum atomic E-state index is 12.0. The molecule has 0 fully saturated rings. The molecule has 2 aromatic carbocycles. The maximum absolute atomic E-state index is 12.0. The Morgan fingerprint density at radius 3 is 2.09 bits per heavy atom. The summed E-state index contributed by atoms with van der Waals surface area (Å²) in [7, 11) is 0. The van der Waals surface area contributed by atoms with E-state index in [0.717, 1.165) is 22.6 Å². The summed E-state index contributed by atoms with van der Waals surface area (Å²) in [5.41, 5.74) is 4.37. The van der Waals surface area contributed by atoms with Gasteiger partial charge in [0.2, 0.25) is 0 Å². The van der Waals surface area contributed by atoms with Crippen LogP contribution in [0.2, 0.25) is 0 Å². The molecule has 2 aromatic rings. The quantitative estimate of drug-likeness (QED) is 0.895. The molecular formula is C20H25NO2. The molecule has 0 atom stereocenters. The van der Waals surface area contributed by atoms with Gasteiger partial charge in [-0.2, -0.15) is 0 Å². The molecule has 3 nitrogen and oxygen atoms in total. The lowest BCUT2D eigenvalue weighted by molar-refractivity contribution is -0.118. The van der Waals surface area contributed by atoms with E-state index >= 15 is 0 Å². The monoisotopic (exact) mass is 311 g/mol. The van der Waals surface area contributed by atoms with Gasteiger partial charge in [0.25, 0.3) is 5.91 Å². The lowest BCUT2D eigenvalue weighted by Gasteiger charge is -2.19. The summed E-state index contributed by atoms with van der Waals surface area (Å²) in [5.74, 6) is 0.563. The molecule has 0 spiro atoms. The molecule has 0 saturated carbocycles. The minimum absolute atomic E-state index is 0.00388. The minimum Gasteiger partial charge on any atom is -0.484 e. The van der Waals surface area contributed by atoms with Crippen molar-refractivity contribution in [2.75, 3.05) is 11.9 Å². The minimum atomic E-state index is -0.160. The summed E-state index contributed by atoms with van der Waals surface area (Å²) in [6, 6.07) is 13.9. The van der Waals surface area contributed by atoms with E-state index in [1.54, 1.807) is 0 Å². The van der Waals surface area contributed by atoms with Crippen molar-refractivity contribution in [3.8, 4) is 5.75 Å². The van der Waals surface area contributed by atoms with Gasteiger partial charge in [0.1, 0.15) is 5.75 Å². The summed E-state index contributed by atoms with van der Waals surface area (Å²) in [6.07, 6.45) is 0. The van der Waals surface area contributed by atoms with Gasteiger partial charge >= 0.3 is 0 Å². The van der Waals surface area contributed by atoms with Gasteiger partial charge in [-0.15, -0.1) is 0 Å². The lowest BCUT2D eigenvalue weighted by Crippen LogP contribution is -2.20. The smallest absolute Gasteiger partial charge is 0.262 e. The van der Waals surface area contributed by atoms with Gasteiger partial charge < -0.3 is 10.1 Å². The number of hydrogen-bond donors (Lipinski definition) is 1. The Kier molecular flexibility index (Phi) is 5.09. The van der Waals surface area contributed by atoms with Crippen LogP contribution in [0.4, 0.5) is 5.69 Å². The second kappa shape index (κ2) is 6.86. The summed E-state index contributed by atoms with van der Waals surface area (Å²) in [5, 5.41) is 2.86. The van der Waals surface area contributed by atoms with Gasteiger partial charge in [-0.3, -0.25) is 4.79 Å². The van der Waals surface area contributed by atoms with Crippen molar-refractivity contribution >= 4 is 11.6 Å². The number of amides is 1. The van der Waals surface area contributed by atoms with Crippen LogP contribution in [0.25, 0.3) is 0 Å². The Morgan fingerprint density at radius 1 is 1.00 bits per heavy atom. The molecule has 0 heterocycles. The average molecular weight is 311 g/mol. The van der Waals surface area contributed by atoms with Crippen LogP contribution in [0.5, 0.6) is 5.75 Å². The normalized spacial score (nSPS) is 11.2. The third kappa shape index (κ3) is 5.13. The molecule has 1 amide bonds. The summed E-state index contributed by atoms with van der Waals surface area (Å²) >= 11 is 0. The van der Waals surface area contributed by atoms with E-state index in [1.807, 2.05) is 50.2 Å². The number of rotatable bonds is 4. The fourth-order valence-electron chi connectivity index (χ4n) is 2.42. The molecule has 0 bridgehead atoms. The van der Waals surface area contributed by atoms with Crippen molar-refractivity contribution < 1.29 is 9.53 Å². The molecule has 23 heavy (non-hydrogen) atoms. The average Bonchev–Trinajstić information content (AvgIpc) is 2.44. The highest BCUT2D eigenvalue weighted by Gasteiger charge is 2.13. The van der Waals surface area contributed by atoms with Gasteiger partial charge in [0.15, 0.2) is 6.61 Å². The van der Waals surface area contributed by atoms with E-state index < -0.39 is 0 Å². The largest absolute Gasteiger partial charge is 0.484 e. The van der Waals surface area contributed by atoms with E-state index in [9.17, 15) is 4.79 Å². The summed E-state index contributed by atoms with van der Waals surface area (Å²) in [4.78, 5) is 12.0. The number of benzene rings is 2. The van der Waals surface area contributed by atoms with E-state index in [4.69, 9.17) is 4.74 Å². The first-order valence-corrected chi connectivity index (χ1v) is 7.85. The van der Waals surface area contributed by atoms with Crippen LogP contribution in [-0.4, -0.2) is 12.5 Å². The van der Waals surface area contributed by atoms with Crippen LogP contribution in [0.3, 0.4) is 0 Å². The topological polar surface area (TPSA) is 38.3 Å². The molecule has 0 aromatic heterocycles. The summed E-state index contributed by atoms with van der Waals surface area (Å²) < 4.78 is 5.57. The number of anilines is 1. The first kappa shape index (κ1) is 17.1. The zero-order valence-electron chi connectivity index (χ0n) is 14.6. The van der Waals surface area contributed by atoms with Gasteiger partial charge in [-0.25, -0.2) is 0 Å². The molecular weight excluding hydrogens is 286 g/mol. The molecule has 0 radical (unpaired) electrons. The van der Waals surface area contributed by atoms with Gasteiger partial charge in [0.05, 0.1) is 0 Å². The fraction of sp³-hybridized carbons (Fsp3) is 0.350. The van der Waals surface area contributed by atoms with Crippen LogP contribution in [-0.2, 0) is 10.2 Å². The zero-order chi connectivity index (χ0) is 17.0. The van der Waals surface area contributed by atoms with Crippen molar-refractivity contribution in [3.05, 3.63) is 59.2 Å². The number of nitrogens with one attached hydrogen (secondary N) is 1. The van der Waals surface area contributed by atoms with E-state index in [1.165, 1.54) is 5.56 Å². The van der Waals surface area contributed by atoms with Crippen molar-refractivity contribution in [1.29, 1.82) is 0 Å². The molecule has 1 N–H and O–H groups in total. The number of ether oxygens (including phenoxy) is 1. The van der Waals surface area contributed by atoms with E-state index in [-0.39, 0.29) is 17.9 Å². The Morgan fingerprint density at radius 2 is 1.57 bits per heavy atom. The number of carbonyl (C=O) groups excluding carboxylic acids is 1. The Bertz CT molecular complexity index is 662. The third-order valence-corrected chi connectivity index (χ3v) is 3.60. The number of hydrogen-bond acceptors (Lipinski definition) is 2. The Labute approximate surface area is 138 Å². The second-order valence-electron chi connectivity index (χ2n) is 6.99. The zero-order valence-corrected chi connectivity index (χ0v) is 14.6. The lowest BCUT2D eigenvalue weighted by atomic mass is 9.87. The second-order valence-corrected chi connectivity index (χ2v) is 6.99. The van der Waals surface area contributed by atoms with E-state index in [2.05, 4.69) is 32.2 Å². The SMILES string of the molecule is Cc1cc(C)cc(OCC(=O)Nc2ccc(C(C)(C)C)cc2)c1. The highest BCUT2D eigenvalue weighted by Crippen LogP contribution is 2.23. The van der Waals surface area contributed by atoms with Crippen LogP contribution in [0, 0.1) is 13.8 Å². The van der Waals surface area contributed by atoms with Crippen molar-refractivity contribution in [2.45, 2.75) is 40.0 Å². The summed E-state index contributed by atoms with van der Waals surface area (Å²) in [6.45, 7) is 10.5. The molecule has 3 heteroatoms. The van der Waals surface area contributed by atoms with Crippen molar-refractivity contribution in [3.63, 3.8) is 0 Å². The Balaban J connectivity index is 1.92. The molecule has 0 unspecified atom stereocenters. The van der Waals surface area contributed by atoms with Gasteiger partial charge in [0, 0.05) is 5.69 Å². The molecule has 0 saturated heterocycles. The molecule has 2 rings (SSSR count). The number of aryl methyl sites for hydroxylation is 2. The highest BCUT2D eigenvalue weighted by atomic mass is 16.5. The third-order valence-electron chi connectivity index (χ3n) is 3.60. The number of carbonyl (C=O) groups is 1. The van der Waals surface area contributed by atoms with Crippen LogP contribution in [0.15, 0.2) is 42.5 Å². The fourth-order valence-corrected chi connectivity index (χ4v) is 2.42. The standard InChI is InChI=1S/C20H25NO2/c1-14-10-15(2)12-18(11-14)23-13-19(22)21-17-8-6-16(7-9-17)20(3,4)5/h6-12H,13H2,1-5H3,(H,21,22). The predicted octanol–water partition coefficient (Wildman–Crippen LogP) is 4.62. The molecule has 0 aliphatic carbocycles. The van der Waals surface area contributed by atoms with E-state index in [0.29, 0.717) is 0 Å². The van der Waals surface area contributed by atoms with Gasteiger partial charge in [-0.05, 0) is 60.2 Å². The first-order chi connectivity index (χ1) is 10.7. The molecule has 0 aliphatic heterocycles.